The smallest absolute Gasteiger partial charge is 0.195 e. The van der Waals surface area contributed by atoms with Gasteiger partial charge in [-0.2, -0.15) is 0 Å². The predicted octanol–water partition coefficient (Wildman–Crippen LogP) is 2.32. The van der Waals surface area contributed by atoms with Crippen LogP contribution >= 0.6 is 0 Å². The van der Waals surface area contributed by atoms with Crippen LogP contribution in [0.2, 0.25) is 0 Å². The summed E-state index contributed by atoms with van der Waals surface area (Å²) in [6.45, 7) is 4.05. The third kappa shape index (κ3) is 2.71. The molecule has 0 fully saturated rings. The molecule has 0 spiro atoms. The van der Waals surface area contributed by atoms with Crippen molar-refractivity contribution in [1.82, 2.24) is 9.97 Å². The van der Waals surface area contributed by atoms with Gasteiger partial charge in [-0.1, -0.05) is 6.92 Å². The largest absolute Gasteiger partial charge is 0.461 e. The summed E-state index contributed by atoms with van der Waals surface area (Å²) in [5.74, 6) is 1.36. The highest BCUT2D eigenvalue weighted by molar-refractivity contribution is 5.51. The molecule has 4 nitrogen and oxygen atoms in total. The molecule has 0 aliphatic heterocycles. The first-order valence-electron chi connectivity index (χ1n) is 5.81. The first kappa shape index (κ1) is 11.8. The van der Waals surface area contributed by atoms with Crippen LogP contribution in [0.3, 0.4) is 0 Å². The van der Waals surface area contributed by atoms with E-state index in [1.807, 2.05) is 25.4 Å². The Morgan fingerprint density at radius 2 is 2.06 bits per heavy atom. The summed E-state index contributed by atoms with van der Waals surface area (Å²) >= 11 is 0. The average molecular weight is 231 g/mol. The van der Waals surface area contributed by atoms with E-state index in [2.05, 4.69) is 16.9 Å². The predicted molar refractivity (Wildman–Crippen MR) is 66.4 cm³/mol. The molecule has 2 aromatic heterocycles. The molecule has 2 heterocycles. The molecular formula is C13H17N3O. The van der Waals surface area contributed by atoms with Crippen LogP contribution in [-0.4, -0.2) is 16.0 Å². The van der Waals surface area contributed by atoms with Crippen molar-refractivity contribution in [2.45, 2.75) is 32.7 Å². The van der Waals surface area contributed by atoms with E-state index in [0.29, 0.717) is 5.82 Å². The fraction of sp³-hybridized carbons (Fsp3) is 0.385. The SMILES string of the molecule is CCC(N)Cc1cnc(-c2occc2C)nc1. The molecule has 0 amide bonds. The lowest BCUT2D eigenvalue weighted by Crippen LogP contribution is -2.21. The molecule has 17 heavy (non-hydrogen) atoms. The molecule has 0 saturated heterocycles. The van der Waals surface area contributed by atoms with Gasteiger partial charge >= 0.3 is 0 Å². The summed E-state index contributed by atoms with van der Waals surface area (Å²) in [6.07, 6.45) is 7.06. The van der Waals surface area contributed by atoms with Crippen LogP contribution in [0, 0.1) is 6.92 Å². The molecule has 90 valence electrons. The maximum absolute atomic E-state index is 5.89. The molecule has 0 aliphatic rings. The Hall–Kier alpha value is -1.68. The van der Waals surface area contributed by atoms with E-state index < -0.39 is 0 Å². The van der Waals surface area contributed by atoms with Crippen LogP contribution in [0.25, 0.3) is 11.6 Å². The summed E-state index contributed by atoms with van der Waals surface area (Å²) in [6, 6.07) is 2.08. The summed E-state index contributed by atoms with van der Waals surface area (Å²) in [5.41, 5.74) is 7.99. The maximum atomic E-state index is 5.89. The number of nitrogens with zero attached hydrogens (tertiary/aromatic N) is 2. The minimum absolute atomic E-state index is 0.176. The Morgan fingerprint density at radius 3 is 2.59 bits per heavy atom. The van der Waals surface area contributed by atoms with E-state index >= 15 is 0 Å². The van der Waals surface area contributed by atoms with Crippen molar-refractivity contribution < 1.29 is 4.42 Å². The minimum Gasteiger partial charge on any atom is -0.461 e. The van der Waals surface area contributed by atoms with Gasteiger partial charge in [-0.25, -0.2) is 9.97 Å². The molecule has 0 aliphatic carbocycles. The summed E-state index contributed by atoms with van der Waals surface area (Å²) < 4.78 is 5.34. The topological polar surface area (TPSA) is 64.9 Å². The Labute approximate surface area is 101 Å². The quantitative estimate of drug-likeness (QED) is 0.877. The Balaban J connectivity index is 2.16. The van der Waals surface area contributed by atoms with Crippen molar-refractivity contribution in [2.75, 3.05) is 0 Å². The normalized spacial score (nSPS) is 12.6. The van der Waals surface area contributed by atoms with Crippen molar-refractivity contribution in [1.29, 1.82) is 0 Å². The highest BCUT2D eigenvalue weighted by Gasteiger charge is 2.09. The average Bonchev–Trinajstić information content (AvgIpc) is 2.76. The van der Waals surface area contributed by atoms with Crippen LogP contribution < -0.4 is 5.73 Å². The van der Waals surface area contributed by atoms with Gasteiger partial charge in [0, 0.05) is 18.4 Å². The van der Waals surface area contributed by atoms with Gasteiger partial charge in [0.1, 0.15) is 0 Å². The van der Waals surface area contributed by atoms with E-state index in [1.54, 1.807) is 6.26 Å². The lowest BCUT2D eigenvalue weighted by Gasteiger charge is -2.07. The molecule has 0 radical (unpaired) electrons. The third-order valence-corrected chi connectivity index (χ3v) is 2.79. The number of nitrogens with two attached hydrogens (primary N) is 1. The van der Waals surface area contributed by atoms with Gasteiger partial charge in [0.05, 0.1) is 6.26 Å². The number of rotatable bonds is 4. The molecule has 0 bridgehead atoms. The first-order chi connectivity index (χ1) is 8.20. The van der Waals surface area contributed by atoms with E-state index in [9.17, 15) is 0 Å². The lowest BCUT2D eigenvalue weighted by atomic mass is 10.1. The zero-order chi connectivity index (χ0) is 12.3. The molecule has 2 aromatic rings. The van der Waals surface area contributed by atoms with Crippen molar-refractivity contribution in [3.05, 3.63) is 35.9 Å². The summed E-state index contributed by atoms with van der Waals surface area (Å²) in [4.78, 5) is 8.62. The van der Waals surface area contributed by atoms with E-state index in [4.69, 9.17) is 10.2 Å². The second-order valence-corrected chi connectivity index (χ2v) is 4.22. The van der Waals surface area contributed by atoms with E-state index in [0.717, 1.165) is 29.7 Å². The minimum atomic E-state index is 0.176. The fourth-order valence-corrected chi connectivity index (χ4v) is 1.63. The highest BCUT2D eigenvalue weighted by Crippen LogP contribution is 2.20. The molecule has 1 atom stereocenters. The Bertz CT molecular complexity index is 476. The summed E-state index contributed by atoms with van der Waals surface area (Å²) in [5, 5.41) is 0. The highest BCUT2D eigenvalue weighted by atomic mass is 16.3. The Morgan fingerprint density at radius 1 is 1.35 bits per heavy atom. The van der Waals surface area contributed by atoms with Crippen molar-refractivity contribution in [3.8, 4) is 11.6 Å². The van der Waals surface area contributed by atoms with Gasteiger partial charge in [0.25, 0.3) is 0 Å². The van der Waals surface area contributed by atoms with Gasteiger partial charge < -0.3 is 10.2 Å². The second-order valence-electron chi connectivity index (χ2n) is 4.22. The zero-order valence-corrected chi connectivity index (χ0v) is 10.2. The maximum Gasteiger partial charge on any atom is 0.195 e. The third-order valence-electron chi connectivity index (χ3n) is 2.79. The van der Waals surface area contributed by atoms with Gasteiger partial charge in [0.2, 0.25) is 0 Å². The number of hydrogen-bond acceptors (Lipinski definition) is 4. The van der Waals surface area contributed by atoms with Crippen molar-refractivity contribution in [2.24, 2.45) is 5.73 Å². The van der Waals surface area contributed by atoms with E-state index in [-0.39, 0.29) is 6.04 Å². The first-order valence-corrected chi connectivity index (χ1v) is 5.81. The summed E-state index contributed by atoms with van der Waals surface area (Å²) in [7, 11) is 0. The van der Waals surface area contributed by atoms with Crippen molar-refractivity contribution in [3.63, 3.8) is 0 Å². The number of aromatic nitrogens is 2. The van der Waals surface area contributed by atoms with Crippen LogP contribution in [0.15, 0.2) is 29.1 Å². The molecule has 2 rings (SSSR count). The van der Waals surface area contributed by atoms with Gasteiger partial charge in [-0.3, -0.25) is 0 Å². The number of aryl methyl sites for hydroxylation is 1. The van der Waals surface area contributed by atoms with Crippen molar-refractivity contribution >= 4 is 0 Å². The number of hydrogen-bond donors (Lipinski definition) is 1. The molecule has 4 heteroatoms. The fourth-order valence-electron chi connectivity index (χ4n) is 1.63. The van der Waals surface area contributed by atoms with Crippen LogP contribution in [0.4, 0.5) is 0 Å². The van der Waals surface area contributed by atoms with Gasteiger partial charge in [-0.15, -0.1) is 0 Å². The molecule has 2 N–H and O–H groups in total. The molecule has 0 aromatic carbocycles. The van der Waals surface area contributed by atoms with Crippen LogP contribution in [0.1, 0.15) is 24.5 Å². The van der Waals surface area contributed by atoms with Gasteiger partial charge in [0.15, 0.2) is 11.6 Å². The van der Waals surface area contributed by atoms with Gasteiger partial charge in [-0.05, 0) is 37.0 Å². The van der Waals surface area contributed by atoms with E-state index in [1.165, 1.54) is 0 Å². The Kier molecular flexibility index (Phi) is 3.54. The van der Waals surface area contributed by atoms with Crippen LogP contribution in [0.5, 0.6) is 0 Å². The molecule has 0 saturated carbocycles. The van der Waals surface area contributed by atoms with Crippen LogP contribution in [-0.2, 0) is 6.42 Å². The second kappa shape index (κ2) is 5.10. The zero-order valence-electron chi connectivity index (χ0n) is 10.2. The lowest BCUT2D eigenvalue weighted by molar-refractivity contribution is 0.575. The standard InChI is InChI=1S/C13H17N3O/c1-3-11(14)6-10-7-15-13(16-8-10)12-9(2)4-5-17-12/h4-5,7-8,11H,3,6,14H2,1-2H3. The number of furan rings is 1. The molecule has 1 unspecified atom stereocenters. The molecular weight excluding hydrogens is 214 g/mol. The monoisotopic (exact) mass is 231 g/mol.